The number of nitrogens with one attached hydrogen (secondary N) is 1. The molecule has 0 unspecified atom stereocenters. The lowest BCUT2D eigenvalue weighted by molar-refractivity contribution is -0.383. The maximum Gasteiger partial charge on any atom is 0.295 e. The summed E-state index contributed by atoms with van der Waals surface area (Å²) in [5.74, 6) is -0.0170. The molecule has 0 radical (unpaired) electrons. The Labute approximate surface area is 187 Å². The zero-order chi connectivity index (χ0) is 22.8. The van der Waals surface area contributed by atoms with Crippen molar-refractivity contribution in [1.82, 2.24) is 9.88 Å². The number of benzene rings is 2. The van der Waals surface area contributed by atoms with Crippen molar-refractivity contribution in [1.29, 1.82) is 0 Å². The lowest BCUT2D eigenvalue weighted by Gasteiger charge is -2.36. The van der Waals surface area contributed by atoms with Crippen molar-refractivity contribution in [2.24, 2.45) is 0 Å². The number of amides is 1. The number of fused-ring (bicyclic) bond motifs is 1. The number of nitrogens with zero attached hydrogens (tertiary/aromatic N) is 4. The van der Waals surface area contributed by atoms with E-state index in [1.807, 2.05) is 51.1 Å². The molecule has 8 heteroatoms. The van der Waals surface area contributed by atoms with Crippen LogP contribution in [0.15, 0.2) is 42.5 Å². The monoisotopic (exact) mass is 433 g/mol. The molecular formula is C24H27N5O3. The molecule has 8 nitrogen and oxygen atoms in total. The van der Waals surface area contributed by atoms with Crippen LogP contribution in [0.25, 0.3) is 10.9 Å². The van der Waals surface area contributed by atoms with Crippen LogP contribution in [0, 0.1) is 30.9 Å². The Kier molecular flexibility index (Phi) is 6.05. The predicted octanol–water partition coefficient (Wildman–Crippen LogP) is 3.83. The van der Waals surface area contributed by atoms with E-state index in [4.69, 9.17) is 0 Å². The van der Waals surface area contributed by atoms with E-state index in [9.17, 15) is 14.9 Å². The van der Waals surface area contributed by atoms with Gasteiger partial charge in [-0.05, 0) is 38.0 Å². The van der Waals surface area contributed by atoms with Crippen LogP contribution in [0.3, 0.4) is 0 Å². The number of nitro groups is 1. The number of hydrogen-bond acceptors (Lipinski definition) is 6. The number of rotatable bonds is 5. The molecule has 4 rings (SSSR count). The quantitative estimate of drug-likeness (QED) is 0.486. The summed E-state index contributed by atoms with van der Waals surface area (Å²) >= 11 is 0. The number of nitro benzene ring substituents is 1. The highest BCUT2D eigenvalue weighted by Crippen LogP contribution is 2.32. The van der Waals surface area contributed by atoms with Gasteiger partial charge in [0.15, 0.2) is 5.52 Å². The van der Waals surface area contributed by atoms with Crippen LogP contribution in [-0.4, -0.2) is 53.4 Å². The van der Waals surface area contributed by atoms with E-state index in [1.54, 1.807) is 6.07 Å². The number of non-ortho nitro benzene ring substituents is 1. The van der Waals surface area contributed by atoms with E-state index in [0.717, 1.165) is 59.8 Å². The zero-order valence-corrected chi connectivity index (χ0v) is 18.6. The number of aryl methyl sites for hydroxylation is 3. The first kappa shape index (κ1) is 21.7. The van der Waals surface area contributed by atoms with Crippen molar-refractivity contribution in [3.63, 3.8) is 0 Å². The van der Waals surface area contributed by atoms with Crippen LogP contribution in [0.2, 0.25) is 0 Å². The van der Waals surface area contributed by atoms with Crippen molar-refractivity contribution in [3.8, 4) is 0 Å². The third-order valence-electron chi connectivity index (χ3n) is 5.95. The highest BCUT2D eigenvalue weighted by atomic mass is 16.6. The second-order valence-corrected chi connectivity index (χ2v) is 8.29. The number of piperazine rings is 1. The van der Waals surface area contributed by atoms with Crippen molar-refractivity contribution < 1.29 is 9.72 Å². The van der Waals surface area contributed by atoms with E-state index in [1.165, 1.54) is 6.07 Å². The van der Waals surface area contributed by atoms with E-state index in [2.05, 4.69) is 20.1 Å². The minimum atomic E-state index is -0.384. The molecule has 0 atom stereocenters. The number of anilines is 2. The van der Waals surface area contributed by atoms with Crippen LogP contribution in [0.5, 0.6) is 0 Å². The van der Waals surface area contributed by atoms with Crippen LogP contribution < -0.4 is 10.2 Å². The summed E-state index contributed by atoms with van der Waals surface area (Å²) in [5, 5.41) is 15.3. The number of carbonyl (C=O) groups is 1. The van der Waals surface area contributed by atoms with Gasteiger partial charge >= 0.3 is 0 Å². The van der Waals surface area contributed by atoms with Gasteiger partial charge in [-0.2, -0.15) is 0 Å². The van der Waals surface area contributed by atoms with Gasteiger partial charge in [0.2, 0.25) is 5.91 Å². The third-order valence-corrected chi connectivity index (χ3v) is 5.95. The lowest BCUT2D eigenvalue weighted by atomic mass is 10.1. The average molecular weight is 434 g/mol. The summed E-state index contributed by atoms with van der Waals surface area (Å²) in [5.41, 5.74) is 5.14. The Morgan fingerprint density at radius 3 is 2.38 bits per heavy atom. The molecule has 1 aliphatic heterocycles. The molecule has 0 bridgehead atoms. The minimum Gasteiger partial charge on any atom is -0.368 e. The highest BCUT2D eigenvalue weighted by Gasteiger charge is 2.23. The lowest BCUT2D eigenvalue weighted by Crippen LogP contribution is -2.48. The molecule has 1 aromatic heterocycles. The maximum absolute atomic E-state index is 12.6. The molecule has 1 amide bonds. The molecule has 166 valence electrons. The van der Waals surface area contributed by atoms with Gasteiger partial charge in [-0.25, -0.2) is 4.98 Å². The van der Waals surface area contributed by atoms with E-state index in [0.29, 0.717) is 12.1 Å². The van der Waals surface area contributed by atoms with Crippen molar-refractivity contribution in [3.05, 3.63) is 69.4 Å². The van der Waals surface area contributed by atoms with Gasteiger partial charge in [-0.1, -0.05) is 30.3 Å². The first-order valence-electron chi connectivity index (χ1n) is 10.7. The fourth-order valence-electron chi connectivity index (χ4n) is 4.29. The molecule has 3 aromatic rings. The first-order chi connectivity index (χ1) is 15.3. The molecule has 0 spiro atoms. The average Bonchev–Trinajstić information content (AvgIpc) is 2.76. The van der Waals surface area contributed by atoms with Gasteiger partial charge in [0.1, 0.15) is 0 Å². The van der Waals surface area contributed by atoms with Crippen LogP contribution in [0.1, 0.15) is 16.8 Å². The Morgan fingerprint density at radius 1 is 1.06 bits per heavy atom. The largest absolute Gasteiger partial charge is 0.368 e. The Morgan fingerprint density at radius 2 is 1.72 bits per heavy atom. The van der Waals surface area contributed by atoms with Crippen LogP contribution >= 0.6 is 0 Å². The Bertz CT molecular complexity index is 1170. The molecule has 1 aliphatic rings. The third kappa shape index (κ3) is 4.40. The number of pyridine rings is 1. The molecule has 2 heterocycles. The topological polar surface area (TPSA) is 91.6 Å². The summed E-state index contributed by atoms with van der Waals surface area (Å²) in [6.45, 7) is 9.11. The standard InChI is InChI=1S/C24H27N5O3/c1-16-6-4-7-17(2)23(16)26-22(30)15-27-10-12-28(13-11-27)21-14-18(3)25-24-19(21)8-5-9-20(24)29(31)32/h4-9,14H,10-13,15H2,1-3H3,(H,26,30). The highest BCUT2D eigenvalue weighted by molar-refractivity contribution is 5.97. The molecule has 1 saturated heterocycles. The van der Waals surface area contributed by atoms with Crippen molar-refractivity contribution >= 4 is 33.9 Å². The molecule has 0 saturated carbocycles. The van der Waals surface area contributed by atoms with Gasteiger partial charge in [-0.3, -0.25) is 19.8 Å². The van der Waals surface area contributed by atoms with Crippen LogP contribution in [-0.2, 0) is 4.79 Å². The second-order valence-electron chi connectivity index (χ2n) is 8.29. The Hall–Kier alpha value is -3.52. The van der Waals surface area contributed by atoms with Gasteiger partial charge in [0.25, 0.3) is 5.69 Å². The SMILES string of the molecule is Cc1cc(N2CCN(CC(=O)Nc3c(C)cccc3C)CC2)c2cccc([N+](=O)[O-])c2n1. The second kappa shape index (κ2) is 8.92. The van der Waals surface area contributed by atoms with E-state index in [-0.39, 0.29) is 16.5 Å². The fraction of sp³-hybridized carbons (Fsp3) is 0.333. The van der Waals surface area contributed by atoms with E-state index >= 15 is 0 Å². The number of carbonyl (C=O) groups excluding carboxylic acids is 1. The number of aromatic nitrogens is 1. The smallest absolute Gasteiger partial charge is 0.295 e. The summed E-state index contributed by atoms with van der Waals surface area (Å²) in [6.07, 6.45) is 0. The molecule has 1 N–H and O–H groups in total. The van der Waals surface area contributed by atoms with Gasteiger partial charge < -0.3 is 10.2 Å². The normalized spacial score (nSPS) is 14.5. The van der Waals surface area contributed by atoms with E-state index < -0.39 is 0 Å². The first-order valence-corrected chi connectivity index (χ1v) is 10.7. The van der Waals surface area contributed by atoms with Crippen LogP contribution in [0.4, 0.5) is 17.1 Å². The van der Waals surface area contributed by atoms with Crippen molar-refractivity contribution in [2.45, 2.75) is 20.8 Å². The summed E-state index contributed by atoms with van der Waals surface area (Å²) in [6, 6.07) is 13.0. The summed E-state index contributed by atoms with van der Waals surface area (Å²) in [7, 11) is 0. The van der Waals surface area contributed by atoms with Gasteiger partial charge in [0.05, 0.1) is 11.5 Å². The molecule has 1 fully saturated rings. The minimum absolute atomic E-state index is 0.0170. The zero-order valence-electron chi connectivity index (χ0n) is 18.6. The predicted molar refractivity (Wildman–Crippen MR) is 126 cm³/mol. The van der Waals surface area contributed by atoms with Crippen molar-refractivity contribution in [2.75, 3.05) is 42.9 Å². The Balaban J connectivity index is 1.45. The molecule has 32 heavy (non-hydrogen) atoms. The van der Waals surface area contributed by atoms with Gasteiger partial charge in [-0.15, -0.1) is 0 Å². The fourth-order valence-corrected chi connectivity index (χ4v) is 4.29. The number of hydrogen-bond donors (Lipinski definition) is 1. The molecule has 2 aromatic carbocycles. The summed E-state index contributed by atoms with van der Waals surface area (Å²) in [4.78, 5) is 32.5. The number of para-hydroxylation sites is 2. The maximum atomic E-state index is 12.6. The summed E-state index contributed by atoms with van der Waals surface area (Å²) < 4.78 is 0. The molecule has 0 aliphatic carbocycles. The van der Waals surface area contributed by atoms with Gasteiger partial charge in [0, 0.05) is 54.7 Å². The molecular weight excluding hydrogens is 406 g/mol.